The van der Waals surface area contributed by atoms with Crippen LogP contribution in [0.25, 0.3) is 5.00 Å². The molecule has 0 amide bonds. The predicted octanol–water partition coefficient (Wildman–Crippen LogP) is 4.53. The van der Waals surface area contributed by atoms with Gasteiger partial charge in [0.05, 0.1) is 11.4 Å². The van der Waals surface area contributed by atoms with Gasteiger partial charge < -0.3 is 5.32 Å². The van der Waals surface area contributed by atoms with Crippen molar-refractivity contribution in [1.29, 1.82) is 0 Å². The monoisotopic (exact) mass is 377 g/mol. The maximum absolute atomic E-state index is 4.77. The van der Waals surface area contributed by atoms with Crippen molar-refractivity contribution in [1.82, 2.24) is 19.7 Å². The van der Waals surface area contributed by atoms with E-state index in [1.807, 2.05) is 24.3 Å². The summed E-state index contributed by atoms with van der Waals surface area (Å²) in [6.07, 6.45) is 3.23. The first-order valence-electron chi connectivity index (χ1n) is 6.83. The molecule has 2 aromatic heterocycles. The van der Waals surface area contributed by atoms with Crippen LogP contribution in [0.5, 0.6) is 0 Å². The Morgan fingerprint density at radius 1 is 1.23 bits per heavy atom. The number of nitrogens with one attached hydrogen (secondary N) is 1. The third kappa shape index (κ3) is 3.05. The lowest BCUT2D eigenvalue weighted by molar-refractivity contribution is 0.567. The molecule has 2 heterocycles. The largest absolute Gasteiger partial charge is 0.331 e. The van der Waals surface area contributed by atoms with Crippen LogP contribution in [0, 0.1) is 0 Å². The molecule has 5 nitrogen and oxygen atoms in total. The van der Waals surface area contributed by atoms with Gasteiger partial charge in [-0.1, -0.05) is 44.2 Å². The minimum absolute atomic E-state index is 0.0777. The van der Waals surface area contributed by atoms with E-state index in [0.29, 0.717) is 0 Å². The van der Waals surface area contributed by atoms with Gasteiger partial charge in [0, 0.05) is 9.89 Å². The van der Waals surface area contributed by atoms with E-state index >= 15 is 0 Å². The standard InChI is InChI=1S/C15H16BrN5S/c1-15(2,3)12-13(21-9-17-8-18-21)22-14(20-12)19-11-7-5-4-6-10(11)16/h4-9H,1-3H3,(H,19,20). The highest BCUT2D eigenvalue weighted by atomic mass is 79.9. The van der Waals surface area contributed by atoms with Crippen molar-refractivity contribution in [3.8, 4) is 5.00 Å². The summed E-state index contributed by atoms with van der Waals surface area (Å²) >= 11 is 5.11. The zero-order valence-corrected chi connectivity index (χ0v) is 14.9. The summed E-state index contributed by atoms with van der Waals surface area (Å²) in [7, 11) is 0. The van der Waals surface area contributed by atoms with Crippen LogP contribution in [-0.2, 0) is 5.41 Å². The van der Waals surface area contributed by atoms with Crippen LogP contribution in [0.15, 0.2) is 41.4 Å². The van der Waals surface area contributed by atoms with Gasteiger partial charge >= 0.3 is 0 Å². The van der Waals surface area contributed by atoms with Crippen molar-refractivity contribution in [2.24, 2.45) is 0 Å². The molecule has 0 fully saturated rings. The van der Waals surface area contributed by atoms with Crippen molar-refractivity contribution < 1.29 is 0 Å². The van der Waals surface area contributed by atoms with E-state index in [9.17, 15) is 0 Å². The first-order valence-corrected chi connectivity index (χ1v) is 8.44. The smallest absolute Gasteiger partial charge is 0.189 e. The topological polar surface area (TPSA) is 55.6 Å². The summed E-state index contributed by atoms with van der Waals surface area (Å²) in [5, 5.41) is 9.42. The Balaban J connectivity index is 2.02. The molecule has 0 aliphatic carbocycles. The van der Waals surface area contributed by atoms with Crippen LogP contribution >= 0.6 is 27.3 Å². The zero-order valence-electron chi connectivity index (χ0n) is 12.5. The minimum Gasteiger partial charge on any atom is -0.331 e. The lowest BCUT2D eigenvalue weighted by Crippen LogP contribution is -2.15. The molecule has 1 aromatic carbocycles. The van der Waals surface area contributed by atoms with Gasteiger partial charge in [0.15, 0.2) is 5.13 Å². The molecule has 0 aliphatic rings. The van der Waals surface area contributed by atoms with Crippen LogP contribution in [0.3, 0.4) is 0 Å². The molecule has 0 bridgehead atoms. The summed E-state index contributed by atoms with van der Waals surface area (Å²) in [6.45, 7) is 6.43. The Labute approximate surface area is 141 Å². The number of benzene rings is 1. The van der Waals surface area contributed by atoms with E-state index < -0.39 is 0 Å². The average Bonchev–Trinajstić information content (AvgIpc) is 3.09. The first-order chi connectivity index (χ1) is 10.4. The average molecular weight is 378 g/mol. The summed E-state index contributed by atoms with van der Waals surface area (Å²) in [4.78, 5) is 8.80. The molecule has 114 valence electrons. The van der Waals surface area contributed by atoms with Crippen molar-refractivity contribution in [3.63, 3.8) is 0 Å². The molecule has 0 spiro atoms. The lowest BCUT2D eigenvalue weighted by Gasteiger charge is -2.16. The Morgan fingerprint density at radius 3 is 2.64 bits per heavy atom. The van der Waals surface area contributed by atoms with Gasteiger partial charge in [-0.05, 0) is 28.1 Å². The SMILES string of the molecule is CC(C)(C)c1nc(Nc2ccccc2Br)sc1-n1cncn1. The van der Waals surface area contributed by atoms with Gasteiger partial charge in [-0.2, -0.15) is 5.10 Å². The number of nitrogens with zero attached hydrogens (tertiary/aromatic N) is 4. The number of thiazole rings is 1. The second kappa shape index (κ2) is 5.81. The molecule has 0 saturated carbocycles. The molecule has 0 radical (unpaired) electrons. The predicted molar refractivity (Wildman–Crippen MR) is 93.2 cm³/mol. The molecule has 1 N–H and O–H groups in total. The van der Waals surface area contributed by atoms with Crippen molar-refractivity contribution in [2.45, 2.75) is 26.2 Å². The molecule has 0 aliphatic heterocycles. The molecular formula is C15H16BrN5S. The molecular weight excluding hydrogens is 362 g/mol. The molecule has 3 rings (SSSR count). The Morgan fingerprint density at radius 2 is 2.00 bits per heavy atom. The fourth-order valence-electron chi connectivity index (χ4n) is 2.00. The number of halogens is 1. The molecule has 0 saturated heterocycles. The Bertz CT molecular complexity index is 774. The number of aromatic nitrogens is 4. The number of rotatable bonds is 3. The number of hydrogen-bond donors (Lipinski definition) is 1. The molecule has 0 unspecified atom stereocenters. The van der Waals surface area contributed by atoms with Gasteiger partial charge in [0.2, 0.25) is 0 Å². The summed E-state index contributed by atoms with van der Waals surface area (Å²) in [6, 6.07) is 7.98. The highest BCUT2D eigenvalue weighted by Gasteiger charge is 2.25. The highest BCUT2D eigenvalue weighted by molar-refractivity contribution is 9.10. The highest BCUT2D eigenvalue weighted by Crippen LogP contribution is 2.36. The Kier molecular flexibility index (Phi) is 4.01. The number of para-hydroxylation sites is 1. The number of hydrogen-bond acceptors (Lipinski definition) is 5. The summed E-state index contributed by atoms with van der Waals surface area (Å²) < 4.78 is 2.77. The van der Waals surface area contributed by atoms with E-state index in [2.05, 4.69) is 52.1 Å². The van der Waals surface area contributed by atoms with Crippen molar-refractivity contribution in [2.75, 3.05) is 5.32 Å². The van der Waals surface area contributed by atoms with Crippen LogP contribution in [0.2, 0.25) is 0 Å². The van der Waals surface area contributed by atoms with Gasteiger partial charge in [-0.3, -0.25) is 0 Å². The van der Waals surface area contributed by atoms with Crippen LogP contribution in [0.1, 0.15) is 26.5 Å². The summed E-state index contributed by atoms with van der Waals surface area (Å²) in [5.41, 5.74) is 1.91. The molecule has 22 heavy (non-hydrogen) atoms. The maximum Gasteiger partial charge on any atom is 0.189 e. The Hall–Kier alpha value is -1.73. The van der Waals surface area contributed by atoms with E-state index in [1.54, 1.807) is 22.3 Å². The minimum atomic E-state index is -0.0777. The lowest BCUT2D eigenvalue weighted by atomic mass is 9.92. The molecule has 3 aromatic rings. The van der Waals surface area contributed by atoms with Crippen molar-refractivity contribution in [3.05, 3.63) is 47.1 Å². The third-order valence-corrected chi connectivity index (χ3v) is 4.71. The van der Waals surface area contributed by atoms with E-state index in [0.717, 1.165) is 26.0 Å². The molecule has 0 atom stereocenters. The van der Waals surface area contributed by atoms with Gasteiger partial charge in [-0.25, -0.2) is 14.6 Å². The van der Waals surface area contributed by atoms with Crippen LogP contribution in [0.4, 0.5) is 10.8 Å². The van der Waals surface area contributed by atoms with E-state index in [-0.39, 0.29) is 5.41 Å². The second-order valence-corrected chi connectivity index (χ2v) is 7.70. The second-order valence-electron chi connectivity index (χ2n) is 5.87. The van der Waals surface area contributed by atoms with Crippen LogP contribution < -0.4 is 5.32 Å². The van der Waals surface area contributed by atoms with Gasteiger partial charge in [-0.15, -0.1) is 0 Å². The maximum atomic E-state index is 4.77. The van der Waals surface area contributed by atoms with Gasteiger partial charge in [0.1, 0.15) is 17.7 Å². The summed E-state index contributed by atoms with van der Waals surface area (Å²) in [5.74, 6) is 0. The van der Waals surface area contributed by atoms with E-state index in [1.165, 1.54) is 6.33 Å². The fraction of sp³-hybridized carbons (Fsp3) is 0.267. The van der Waals surface area contributed by atoms with Gasteiger partial charge in [0.25, 0.3) is 0 Å². The molecule has 7 heteroatoms. The third-order valence-electron chi connectivity index (χ3n) is 3.06. The zero-order chi connectivity index (χ0) is 15.7. The fourth-order valence-corrected chi connectivity index (χ4v) is 3.50. The van der Waals surface area contributed by atoms with Crippen LogP contribution in [-0.4, -0.2) is 19.7 Å². The quantitative estimate of drug-likeness (QED) is 0.728. The van der Waals surface area contributed by atoms with E-state index in [4.69, 9.17) is 4.98 Å². The normalized spacial score (nSPS) is 11.6. The van der Waals surface area contributed by atoms with Crippen molar-refractivity contribution >= 4 is 38.1 Å². The number of anilines is 2. The first kappa shape index (κ1) is 15.2.